The van der Waals surface area contributed by atoms with Crippen LogP contribution in [0.4, 0.5) is 0 Å². The monoisotopic (exact) mass is 511 g/mol. The van der Waals surface area contributed by atoms with Crippen LogP contribution in [0.3, 0.4) is 0 Å². The molecule has 0 aliphatic carbocycles. The Balaban J connectivity index is 1.77. The number of benzene rings is 2. The number of carbonyl (C=O) groups excluding carboxylic acids is 1. The second-order valence-corrected chi connectivity index (χ2v) is 10.1. The molecular weight excluding hydrogens is 482 g/mol. The van der Waals surface area contributed by atoms with Crippen molar-refractivity contribution in [3.8, 4) is 0 Å². The molecule has 5 rings (SSSR count). The Morgan fingerprint density at radius 3 is 2.57 bits per heavy atom. The molecule has 2 aromatic heterocycles. The highest BCUT2D eigenvalue weighted by Gasteiger charge is 2.33. The number of rotatable bonds is 6. The maximum atomic E-state index is 14.0. The van der Waals surface area contributed by atoms with Gasteiger partial charge in [0, 0.05) is 28.7 Å². The highest BCUT2D eigenvalue weighted by Crippen LogP contribution is 2.31. The number of fused-ring (bicyclic) bond motifs is 2. The number of hydrogen-bond donors (Lipinski definition) is 0. The van der Waals surface area contributed by atoms with E-state index in [2.05, 4.69) is 35.2 Å². The van der Waals surface area contributed by atoms with Crippen molar-refractivity contribution in [3.05, 3.63) is 115 Å². The van der Waals surface area contributed by atoms with Gasteiger partial charge in [0.05, 0.1) is 28.5 Å². The van der Waals surface area contributed by atoms with E-state index in [9.17, 15) is 9.59 Å². The minimum absolute atomic E-state index is 0.177. The summed E-state index contributed by atoms with van der Waals surface area (Å²) >= 11 is 1.34. The topological polar surface area (TPSA) is 65.6 Å². The Bertz CT molecular complexity index is 1750. The highest BCUT2D eigenvalue weighted by atomic mass is 32.1. The average molecular weight is 512 g/mol. The van der Waals surface area contributed by atoms with Gasteiger partial charge in [0.15, 0.2) is 4.80 Å². The van der Waals surface area contributed by atoms with Gasteiger partial charge in [0.25, 0.3) is 5.56 Å². The molecule has 0 fully saturated rings. The predicted molar refractivity (Wildman–Crippen MR) is 148 cm³/mol. The molecule has 0 saturated carbocycles. The van der Waals surface area contributed by atoms with Crippen LogP contribution in [0.2, 0.25) is 0 Å². The fraction of sp³-hybridized carbons (Fsp3) is 0.233. The molecule has 0 saturated heterocycles. The van der Waals surface area contributed by atoms with Gasteiger partial charge in [-0.3, -0.25) is 9.36 Å². The maximum absolute atomic E-state index is 14.0. The average Bonchev–Trinajstić information content (AvgIpc) is 3.33. The van der Waals surface area contributed by atoms with Gasteiger partial charge in [-0.15, -0.1) is 6.58 Å². The standard InChI is InChI=1S/C30H29N3O3S/c1-6-16-32-20(5)23(22-10-8-9-11-24(22)32)17-25-28(34)33-27(21-14-12-18(3)13-15-21)26(29(35)36-7-2)19(4)31-30(33)37-25/h6,8-15,17,27H,1,7,16H2,2-5H3/b25-17+/t27-/m1/s1. The smallest absolute Gasteiger partial charge is 0.338 e. The summed E-state index contributed by atoms with van der Waals surface area (Å²) in [5.41, 5.74) is 5.87. The Morgan fingerprint density at radius 1 is 1.14 bits per heavy atom. The third-order valence-corrected chi connectivity index (χ3v) is 7.76. The molecule has 2 aromatic carbocycles. The zero-order valence-corrected chi connectivity index (χ0v) is 22.3. The quantitative estimate of drug-likeness (QED) is 0.282. The summed E-state index contributed by atoms with van der Waals surface area (Å²) in [4.78, 5) is 32.3. The SMILES string of the molecule is C=CCn1c(C)c(/C=c2/sc3n(c2=O)[C@H](c2ccc(C)cc2)C(C(=O)OCC)=C(C)N=3)c2ccccc21. The molecule has 188 valence electrons. The molecule has 0 N–H and O–H groups in total. The normalized spacial score (nSPS) is 15.6. The number of aryl methyl sites for hydroxylation is 1. The minimum atomic E-state index is -0.610. The van der Waals surface area contributed by atoms with E-state index in [0.29, 0.717) is 27.1 Å². The zero-order valence-electron chi connectivity index (χ0n) is 21.4. The molecule has 1 aliphatic rings. The van der Waals surface area contributed by atoms with Crippen LogP contribution in [-0.2, 0) is 16.1 Å². The van der Waals surface area contributed by atoms with Gasteiger partial charge < -0.3 is 9.30 Å². The van der Waals surface area contributed by atoms with Gasteiger partial charge in [0.1, 0.15) is 0 Å². The lowest BCUT2D eigenvalue weighted by molar-refractivity contribution is -0.139. The van der Waals surface area contributed by atoms with Crippen LogP contribution in [0.25, 0.3) is 17.0 Å². The summed E-state index contributed by atoms with van der Waals surface area (Å²) in [5, 5.41) is 1.08. The van der Waals surface area contributed by atoms with Crippen molar-refractivity contribution in [1.82, 2.24) is 9.13 Å². The van der Waals surface area contributed by atoms with Crippen molar-refractivity contribution in [2.75, 3.05) is 6.61 Å². The second kappa shape index (κ2) is 9.82. The molecule has 1 aliphatic heterocycles. The first-order valence-electron chi connectivity index (χ1n) is 12.3. The molecule has 3 heterocycles. The summed E-state index contributed by atoms with van der Waals surface area (Å²) in [6, 6.07) is 15.5. The third-order valence-electron chi connectivity index (χ3n) is 6.78. The summed E-state index contributed by atoms with van der Waals surface area (Å²) in [5.74, 6) is -0.452. The van der Waals surface area contributed by atoms with E-state index in [0.717, 1.165) is 33.3 Å². The minimum Gasteiger partial charge on any atom is -0.463 e. The predicted octanol–water partition coefficient (Wildman–Crippen LogP) is 4.56. The van der Waals surface area contributed by atoms with Crippen LogP contribution in [0.15, 0.2) is 82.2 Å². The largest absolute Gasteiger partial charge is 0.463 e. The van der Waals surface area contributed by atoms with Crippen molar-refractivity contribution in [2.24, 2.45) is 4.99 Å². The van der Waals surface area contributed by atoms with E-state index in [1.807, 2.05) is 55.5 Å². The van der Waals surface area contributed by atoms with Gasteiger partial charge in [-0.25, -0.2) is 9.79 Å². The molecule has 7 heteroatoms. The lowest BCUT2D eigenvalue weighted by Gasteiger charge is -2.24. The van der Waals surface area contributed by atoms with Gasteiger partial charge in [-0.2, -0.15) is 0 Å². The Labute approximate surface area is 219 Å². The van der Waals surface area contributed by atoms with Crippen LogP contribution in [0.1, 0.15) is 42.3 Å². The molecule has 0 radical (unpaired) electrons. The number of allylic oxidation sites excluding steroid dienone is 2. The summed E-state index contributed by atoms with van der Waals surface area (Å²) in [6.45, 7) is 12.5. The van der Waals surface area contributed by atoms with Crippen LogP contribution in [-0.4, -0.2) is 21.7 Å². The third kappa shape index (κ3) is 4.19. The van der Waals surface area contributed by atoms with E-state index in [1.54, 1.807) is 18.4 Å². The zero-order chi connectivity index (χ0) is 26.3. The fourth-order valence-electron chi connectivity index (χ4n) is 4.99. The van der Waals surface area contributed by atoms with Crippen molar-refractivity contribution in [2.45, 2.75) is 40.3 Å². The van der Waals surface area contributed by atoms with E-state index >= 15 is 0 Å². The van der Waals surface area contributed by atoms with Crippen LogP contribution >= 0.6 is 11.3 Å². The number of para-hydroxylation sites is 1. The number of carbonyl (C=O) groups is 1. The molecule has 0 spiro atoms. The molecule has 4 aromatic rings. The summed E-state index contributed by atoms with van der Waals surface area (Å²) in [7, 11) is 0. The van der Waals surface area contributed by atoms with Gasteiger partial charge >= 0.3 is 5.97 Å². The first-order valence-corrected chi connectivity index (χ1v) is 13.1. The fourth-order valence-corrected chi connectivity index (χ4v) is 6.02. The number of thiazole rings is 1. The lowest BCUT2D eigenvalue weighted by Crippen LogP contribution is -2.39. The van der Waals surface area contributed by atoms with E-state index in [-0.39, 0.29) is 12.2 Å². The Kier molecular flexibility index (Phi) is 6.56. The molecule has 37 heavy (non-hydrogen) atoms. The van der Waals surface area contributed by atoms with Crippen molar-refractivity contribution >= 4 is 34.3 Å². The van der Waals surface area contributed by atoms with Gasteiger partial charge in [0.2, 0.25) is 0 Å². The van der Waals surface area contributed by atoms with E-state index in [4.69, 9.17) is 4.74 Å². The second-order valence-electron chi connectivity index (χ2n) is 9.13. The van der Waals surface area contributed by atoms with Gasteiger partial charge in [-0.05, 0) is 45.4 Å². The van der Waals surface area contributed by atoms with E-state index in [1.165, 1.54) is 11.3 Å². The van der Waals surface area contributed by atoms with Crippen molar-refractivity contribution in [1.29, 1.82) is 0 Å². The molecule has 6 nitrogen and oxygen atoms in total. The number of hydrogen-bond acceptors (Lipinski definition) is 5. The molecule has 0 unspecified atom stereocenters. The van der Waals surface area contributed by atoms with Crippen LogP contribution in [0, 0.1) is 13.8 Å². The molecular formula is C30H29N3O3S. The first kappa shape index (κ1) is 24.7. The van der Waals surface area contributed by atoms with Crippen molar-refractivity contribution in [3.63, 3.8) is 0 Å². The molecule has 0 amide bonds. The van der Waals surface area contributed by atoms with Crippen LogP contribution < -0.4 is 14.9 Å². The highest BCUT2D eigenvalue weighted by molar-refractivity contribution is 7.07. The van der Waals surface area contributed by atoms with E-state index < -0.39 is 12.0 Å². The Hall–Kier alpha value is -3.97. The first-order chi connectivity index (χ1) is 17.8. The number of esters is 1. The van der Waals surface area contributed by atoms with Crippen LogP contribution in [0.5, 0.6) is 0 Å². The molecule has 1 atom stereocenters. The maximum Gasteiger partial charge on any atom is 0.338 e. The number of aromatic nitrogens is 2. The summed E-state index contributed by atoms with van der Waals surface area (Å²) < 4.78 is 9.79. The van der Waals surface area contributed by atoms with Gasteiger partial charge in [-0.1, -0.05) is 65.4 Å². The lowest BCUT2D eigenvalue weighted by atomic mass is 9.95. The summed E-state index contributed by atoms with van der Waals surface area (Å²) in [6.07, 6.45) is 3.83. The number of nitrogens with zero attached hydrogens (tertiary/aromatic N) is 3. The van der Waals surface area contributed by atoms with Crippen molar-refractivity contribution < 1.29 is 9.53 Å². The number of ether oxygens (including phenoxy) is 1. The molecule has 0 bridgehead atoms. The Morgan fingerprint density at radius 2 is 1.86 bits per heavy atom.